The number of carbonyl (C=O) groups is 2. The van der Waals surface area contributed by atoms with Gasteiger partial charge in [-0.1, -0.05) is 0 Å². The second kappa shape index (κ2) is 18.4. The molecule has 0 aliphatic rings. The van der Waals surface area contributed by atoms with Crippen LogP contribution in [-0.4, -0.2) is 59.8 Å². The van der Waals surface area contributed by atoms with Gasteiger partial charge in [-0.05, 0) is 0 Å². The van der Waals surface area contributed by atoms with Crippen LogP contribution < -0.4 is 0 Å². The average molecular weight is 224 g/mol. The normalized spacial score (nSPS) is 8.27. The number of carboxylic acid groups (broad SMARTS) is 2. The molecular formula is C8H16O7. The smallest absolute Gasteiger partial charge is 0.328 e. The zero-order valence-corrected chi connectivity index (χ0v) is 8.58. The predicted molar refractivity (Wildman–Crippen MR) is 51.5 cm³/mol. The minimum absolute atomic E-state index is 0.125. The Morgan fingerprint density at radius 2 is 1.20 bits per heavy atom. The maximum atomic E-state index is 9.55. The SMILES string of the molecule is COC.O=C(O)/C=C\C(=O)O.OCCO. The summed E-state index contributed by atoms with van der Waals surface area (Å²) in [7, 11) is 3.25. The fourth-order valence-electron chi connectivity index (χ4n) is 0.143. The van der Waals surface area contributed by atoms with E-state index in [2.05, 4.69) is 4.74 Å². The van der Waals surface area contributed by atoms with Gasteiger partial charge in [-0.3, -0.25) is 0 Å². The van der Waals surface area contributed by atoms with E-state index in [1.807, 2.05) is 0 Å². The van der Waals surface area contributed by atoms with Gasteiger partial charge in [-0.2, -0.15) is 0 Å². The molecule has 0 rings (SSSR count). The number of aliphatic hydroxyl groups excluding tert-OH is 2. The van der Waals surface area contributed by atoms with Crippen LogP contribution in [0.4, 0.5) is 0 Å². The lowest BCUT2D eigenvalue weighted by Gasteiger charge is -1.74. The molecule has 0 saturated carbocycles. The molecule has 0 aliphatic carbocycles. The van der Waals surface area contributed by atoms with Crippen molar-refractivity contribution in [1.29, 1.82) is 0 Å². The van der Waals surface area contributed by atoms with Gasteiger partial charge in [-0.25, -0.2) is 9.59 Å². The first-order chi connectivity index (χ1) is 6.95. The van der Waals surface area contributed by atoms with Gasteiger partial charge in [0.1, 0.15) is 0 Å². The molecule has 0 spiro atoms. The Balaban J connectivity index is -0.000000173. The van der Waals surface area contributed by atoms with Gasteiger partial charge < -0.3 is 25.2 Å². The quantitative estimate of drug-likeness (QED) is 0.450. The molecule has 0 amide bonds. The topological polar surface area (TPSA) is 124 Å². The summed E-state index contributed by atoms with van der Waals surface area (Å²) in [6.07, 6.45) is 1.12. The summed E-state index contributed by atoms with van der Waals surface area (Å²) in [4.78, 5) is 19.1. The summed E-state index contributed by atoms with van der Waals surface area (Å²) >= 11 is 0. The fraction of sp³-hybridized carbons (Fsp3) is 0.500. The maximum absolute atomic E-state index is 9.55. The molecule has 0 radical (unpaired) electrons. The fourth-order valence-corrected chi connectivity index (χ4v) is 0.143. The van der Waals surface area contributed by atoms with Crippen LogP contribution >= 0.6 is 0 Å². The number of aliphatic carboxylic acids is 2. The molecule has 0 aromatic rings. The van der Waals surface area contributed by atoms with E-state index in [1.54, 1.807) is 14.2 Å². The molecule has 0 aliphatic heterocycles. The Morgan fingerprint density at radius 3 is 1.27 bits per heavy atom. The van der Waals surface area contributed by atoms with E-state index in [1.165, 1.54) is 0 Å². The van der Waals surface area contributed by atoms with Crippen molar-refractivity contribution in [2.75, 3.05) is 27.4 Å². The highest BCUT2D eigenvalue weighted by molar-refractivity contribution is 5.89. The molecular weight excluding hydrogens is 208 g/mol. The van der Waals surface area contributed by atoms with Gasteiger partial charge in [0.15, 0.2) is 0 Å². The van der Waals surface area contributed by atoms with Crippen LogP contribution in [-0.2, 0) is 14.3 Å². The van der Waals surface area contributed by atoms with Gasteiger partial charge in [0.25, 0.3) is 0 Å². The standard InChI is InChI=1S/C4H4O4.C2H6O2.C2H6O/c5-3(6)1-2-4(7)8;3-1-2-4;1-3-2/h1-2H,(H,5,6)(H,7,8);3-4H,1-2H2;1-2H3/b2-1-;;. The van der Waals surface area contributed by atoms with E-state index in [0.717, 1.165) is 0 Å². The van der Waals surface area contributed by atoms with Crippen molar-refractivity contribution in [1.82, 2.24) is 0 Å². The van der Waals surface area contributed by atoms with Crippen molar-refractivity contribution in [2.45, 2.75) is 0 Å². The molecule has 7 nitrogen and oxygen atoms in total. The highest BCUT2D eigenvalue weighted by Gasteiger charge is 1.88. The van der Waals surface area contributed by atoms with E-state index >= 15 is 0 Å². The zero-order valence-electron chi connectivity index (χ0n) is 8.58. The van der Waals surface area contributed by atoms with Crippen LogP contribution in [0.15, 0.2) is 12.2 Å². The lowest BCUT2D eigenvalue weighted by Crippen LogP contribution is -1.91. The Kier molecular flexibility index (Phi) is 23.5. The van der Waals surface area contributed by atoms with Gasteiger partial charge in [0, 0.05) is 26.4 Å². The van der Waals surface area contributed by atoms with Gasteiger partial charge in [0.2, 0.25) is 0 Å². The largest absolute Gasteiger partial charge is 0.478 e. The van der Waals surface area contributed by atoms with Crippen LogP contribution in [0.5, 0.6) is 0 Å². The monoisotopic (exact) mass is 224 g/mol. The van der Waals surface area contributed by atoms with E-state index < -0.39 is 11.9 Å². The van der Waals surface area contributed by atoms with E-state index in [9.17, 15) is 9.59 Å². The van der Waals surface area contributed by atoms with Crippen LogP contribution in [0.3, 0.4) is 0 Å². The summed E-state index contributed by atoms with van der Waals surface area (Å²) in [6, 6.07) is 0. The first-order valence-corrected chi connectivity index (χ1v) is 3.72. The molecule has 4 N–H and O–H groups in total. The van der Waals surface area contributed by atoms with Crippen LogP contribution in [0.25, 0.3) is 0 Å². The van der Waals surface area contributed by atoms with Crippen LogP contribution in [0, 0.1) is 0 Å². The van der Waals surface area contributed by atoms with Gasteiger partial charge in [0.05, 0.1) is 13.2 Å². The first-order valence-electron chi connectivity index (χ1n) is 3.72. The number of ether oxygens (including phenoxy) is 1. The Bertz CT molecular complexity index is 158. The second-order valence-electron chi connectivity index (χ2n) is 1.87. The van der Waals surface area contributed by atoms with Crippen LogP contribution in [0.1, 0.15) is 0 Å². The minimum Gasteiger partial charge on any atom is -0.478 e. The summed E-state index contributed by atoms with van der Waals surface area (Å²) in [6.45, 7) is -0.250. The lowest BCUT2D eigenvalue weighted by atomic mass is 10.5. The molecule has 0 fully saturated rings. The number of hydrogen-bond donors (Lipinski definition) is 4. The molecule has 0 atom stereocenters. The van der Waals surface area contributed by atoms with Crippen LogP contribution in [0.2, 0.25) is 0 Å². The molecule has 0 aromatic carbocycles. The number of carboxylic acids is 2. The summed E-state index contributed by atoms with van der Waals surface area (Å²) in [5.74, 6) is -2.51. The summed E-state index contributed by atoms with van der Waals surface area (Å²) < 4.78 is 4.25. The molecule has 7 heteroatoms. The third-order valence-electron chi connectivity index (χ3n) is 0.468. The molecule has 0 aromatic heterocycles. The predicted octanol–water partition coefficient (Wildman–Crippen LogP) is -1.05. The number of aliphatic hydroxyl groups is 2. The maximum Gasteiger partial charge on any atom is 0.328 e. The number of methoxy groups -OCH3 is 1. The second-order valence-corrected chi connectivity index (χ2v) is 1.87. The molecule has 0 bridgehead atoms. The van der Waals surface area contributed by atoms with Crippen molar-refractivity contribution in [2.24, 2.45) is 0 Å². The van der Waals surface area contributed by atoms with Gasteiger partial charge in [-0.15, -0.1) is 0 Å². The van der Waals surface area contributed by atoms with Crippen molar-refractivity contribution >= 4 is 11.9 Å². The van der Waals surface area contributed by atoms with E-state index in [4.69, 9.17) is 20.4 Å². The van der Waals surface area contributed by atoms with Crippen molar-refractivity contribution in [3.8, 4) is 0 Å². The Hall–Kier alpha value is -1.44. The Morgan fingerprint density at radius 1 is 1.00 bits per heavy atom. The molecule has 0 unspecified atom stereocenters. The third-order valence-corrected chi connectivity index (χ3v) is 0.468. The third kappa shape index (κ3) is 67.4. The Labute approximate surface area is 87.2 Å². The van der Waals surface area contributed by atoms with Crippen molar-refractivity contribution < 1.29 is 34.8 Å². The summed E-state index contributed by atoms with van der Waals surface area (Å²) in [5, 5.41) is 30.9. The van der Waals surface area contributed by atoms with Gasteiger partial charge >= 0.3 is 11.9 Å². The minimum atomic E-state index is -1.26. The van der Waals surface area contributed by atoms with E-state index in [-0.39, 0.29) is 13.2 Å². The number of hydrogen-bond acceptors (Lipinski definition) is 5. The average Bonchev–Trinajstić information content (AvgIpc) is 2.16. The van der Waals surface area contributed by atoms with Crippen molar-refractivity contribution in [3.63, 3.8) is 0 Å². The molecule has 0 saturated heterocycles. The zero-order chi connectivity index (χ0) is 12.7. The summed E-state index contributed by atoms with van der Waals surface area (Å²) in [5.41, 5.74) is 0. The molecule has 0 heterocycles. The molecule has 15 heavy (non-hydrogen) atoms. The lowest BCUT2D eigenvalue weighted by molar-refractivity contribution is -0.134. The molecule has 90 valence electrons. The highest BCUT2D eigenvalue weighted by Crippen LogP contribution is 1.70. The first kappa shape index (κ1) is 19.2. The van der Waals surface area contributed by atoms with Crippen molar-refractivity contribution in [3.05, 3.63) is 12.2 Å². The highest BCUT2D eigenvalue weighted by atomic mass is 16.4. The number of rotatable bonds is 3. The van der Waals surface area contributed by atoms with E-state index in [0.29, 0.717) is 12.2 Å².